The first-order chi connectivity index (χ1) is 13.6. The number of anilines is 1. The van der Waals surface area contributed by atoms with Crippen LogP contribution in [-0.2, 0) is 4.79 Å². The summed E-state index contributed by atoms with van der Waals surface area (Å²) < 4.78 is 88.2. The van der Waals surface area contributed by atoms with Gasteiger partial charge in [-0.3, -0.25) is 9.69 Å². The molecular weight excluding hydrogens is 418 g/mol. The summed E-state index contributed by atoms with van der Waals surface area (Å²) in [6.45, 7) is 3.08. The fourth-order valence-electron chi connectivity index (χ4n) is 3.90. The van der Waals surface area contributed by atoms with E-state index in [0.29, 0.717) is 10.6 Å². The molecule has 0 saturated carbocycles. The van der Waals surface area contributed by atoms with Gasteiger partial charge in [0.2, 0.25) is 0 Å². The van der Waals surface area contributed by atoms with Crippen LogP contribution < -0.4 is 15.0 Å². The number of halogens is 6. The van der Waals surface area contributed by atoms with Crippen molar-refractivity contribution in [3.63, 3.8) is 0 Å². The van der Waals surface area contributed by atoms with E-state index in [9.17, 15) is 35.9 Å². The lowest BCUT2D eigenvalue weighted by Crippen LogP contribution is -2.74. The maximum absolute atomic E-state index is 13.9. The minimum Gasteiger partial charge on any atom is -0.497 e. The van der Waals surface area contributed by atoms with E-state index in [1.54, 1.807) is 0 Å². The highest BCUT2D eigenvalue weighted by Crippen LogP contribution is 2.55. The number of allylic oxidation sites excluding steroid dienone is 1. The zero-order chi connectivity index (χ0) is 22.7. The van der Waals surface area contributed by atoms with E-state index >= 15 is 0 Å². The molecule has 2 amide bonds. The molecule has 1 N–H and O–H groups in total. The van der Waals surface area contributed by atoms with Crippen LogP contribution in [0.1, 0.15) is 26.7 Å². The number of urea groups is 1. The van der Waals surface area contributed by atoms with Gasteiger partial charge in [0.15, 0.2) is 5.78 Å². The molecule has 1 aromatic carbocycles. The third-order valence-corrected chi connectivity index (χ3v) is 5.18. The van der Waals surface area contributed by atoms with Crippen molar-refractivity contribution in [1.82, 2.24) is 5.32 Å². The van der Waals surface area contributed by atoms with Gasteiger partial charge in [-0.05, 0) is 36.1 Å². The van der Waals surface area contributed by atoms with Gasteiger partial charge in [-0.25, -0.2) is 4.79 Å². The topological polar surface area (TPSA) is 58.6 Å². The van der Waals surface area contributed by atoms with Crippen LogP contribution in [0.4, 0.5) is 36.8 Å². The van der Waals surface area contributed by atoms with Crippen LogP contribution in [0, 0.1) is 5.41 Å². The van der Waals surface area contributed by atoms with Crippen LogP contribution in [0.25, 0.3) is 0 Å². The number of ether oxygens (including phenoxy) is 1. The number of rotatable bonds is 2. The molecule has 1 aromatic rings. The molecule has 1 aliphatic carbocycles. The molecule has 30 heavy (non-hydrogen) atoms. The molecule has 1 heterocycles. The zero-order valence-electron chi connectivity index (χ0n) is 16.2. The molecule has 0 unspecified atom stereocenters. The van der Waals surface area contributed by atoms with Gasteiger partial charge in [-0.1, -0.05) is 13.8 Å². The summed E-state index contributed by atoms with van der Waals surface area (Å²) in [5.41, 5.74) is -7.81. The quantitative estimate of drug-likeness (QED) is 0.682. The second-order valence-electron chi connectivity index (χ2n) is 7.97. The van der Waals surface area contributed by atoms with Crippen LogP contribution in [0.5, 0.6) is 5.75 Å². The Kier molecular flexibility index (Phi) is 4.87. The highest BCUT2D eigenvalue weighted by Gasteiger charge is 2.77. The fourth-order valence-corrected chi connectivity index (χ4v) is 3.90. The Morgan fingerprint density at radius 2 is 1.50 bits per heavy atom. The third-order valence-electron chi connectivity index (χ3n) is 5.18. The second-order valence-corrected chi connectivity index (χ2v) is 7.97. The number of Topliss-reactive ketones (excluding diaryl/α,β-unsaturated/α-hetero) is 1. The van der Waals surface area contributed by atoms with Gasteiger partial charge >= 0.3 is 18.4 Å². The van der Waals surface area contributed by atoms with Crippen LogP contribution in [0.3, 0.4) is 0 Å². The first-order valence-electron chi connectivity index (χ1n) is 8.81. The van der Waals surface area contributed by atoms with Gasteiger partial charge < -0.3 is 10.1 Å². The van der Waals surface area contributed by atoms with Crippen LogP contribution in [0.15, 0.2) is 35.5 Å². The molecule has 3 rings (SSSR count). The number of nitrogens with one attached hydrogen (secondary N) is 1. The standard InChI is InChI=1S/C19H18F6N2O3/c1-16(2)8-12-14(13(28)9-16)17(18(20,21)22,19(23,24)25)26-15(29)27(12)10-4-6-11(30-3)7-5-10/h4-7H,8-9H2,1-3H3,(H,26,29). The largest absolute Gasteiger partial charge is 0.497 e. The van der Waals surface area contributed by atoms with E-state index in [-0.39, 0.29) is 12.1 Å². The normalized spacial score (nSPS) is 21.3. The number of hydrogen-bond donors (Lipinski definition) is 1. The molecule has 0 atom stereocenters. The summed E-state index contributed by atoms with van der Waals surface area (Å²) >= 11 is 0. The summed E-state index contributed by atoms with van der Waals surface area (Å²) in [7, 11) is 1.37. The van der Waals surface area contributed by atoms with Gasteiger partial charge in [0.05, 0.1) is 18.4 Å². The summed E-state index contributed by atoms with van der Waals surface area (Å²) in [6.07, 6.45) is -12.8. The lowest BCUT2D eigenvalue weighted by molar-refractivity contribution is -0.291. The van der Waals surface area contributed by atoms with Gasteiger partial charge in [-0.2, -0.15) is 26.3 Å². The number of hydrogen-bond acceptors (Lipinski definition) is 3. The lowest BCUT2D eigenvalue weighted by Gasteiger charge is -2.49. The number of ketones is 1. The Balaban J connectivity index is 2.34. The minimum atomic E-state index is -5.98. The van der Waals surface area contributed by atoms with Crippen LogP contribution >= 0.6 is 0 Å². The molecule has 0 spiro atoms. The number of benzene rings is 1. The Bertz CT molecular complexity index is 902. The molecule has 11 heteroatoms. The van der Waals surface area contributed by atoms with Crippen LogP contribution in [-0.4, -0.2) is 36.8 Å². The summed E-state index contributed by atoms with van der Waals surface area (Å²) in [5, 5.41) is 1.07. The Morgan fingerprint density at radius 3 is 1.97 bits per heavy atom. The molecule has 1 aliphatic heterocycles. The average molecular weight is 436 g/mol. The van der Waals surface area contributed by atoms with Crippen molar-refractivity contribution in [2.24, 2.45) is 5.41 Å². The summed E-state index contributed by atoms with van der Waals surface area (Å²) in [5.74, 6) is -0.945. The molecule has 5 nitrogen and oxygen atoms in total. The number of carbonyl (C=O) groups excluding carboxylic acids is 2. The predicted octanol–water partition coefficient (Wildman–Crippen LogP) is 4.73. The van der Waals surface area contributed by atoms with E-state index in [1.807, 2.05) is 0 Å². The third kappa shape index (κ3) is 3.20. The molecule has 0 aromatic heterocycles. The number of alkyl halides is 6. The zero-order valence-corrected chi connectivity index (χ0v) is 16.2. The minimum absolute atomic E-state index is 0.00393. The van der Waals surface area contributed by atoms with E-state index in [1.165, 1.54) is 45.2 Å². The Morgan fingerprint density at radius 1 is 0.967 bits per heavy atom. The maximum atomic E-state index is 13.9. The second kappa shape index (κ2) is 6.64. The van der Waals surface area contributed by atoms with E-state index < -0.39 is 52.8 Å². The molecule has 0 saturated heterocycles. The predicted molar refractivity (Wildman–Crippen MR) is 93.9 cm³/mol. The fraction of sp³-hybridized carbons (Fsp3) is 0.474. The lowest BCUT2D eigenvalue weighted by atomic mass is 9.69. The van der Waals surface area contributed by atoms with Gasteiger partial charge in [0, 0.05) is 12.1 Å². The SMILES string of the molecule is COc1ccc(N2C(=O)NC(C(F)(F)F)(C(F)(F)F)C3=C2CC(C)(C)CC3=O)cc1. The Labute approximate surface area is 167 Å². The monoisotopic (exact) mass is 436 g/mol. The van der Waals surface area contributed by atoms with Crippen molar-refractivity contribution in [3.05, 3.63) is 35.5 Å². The Hall–Kier alpha value is -2.72. The average Bonchev–Trinajstić information content (AvgIpc) is 2.58. The van der Waals surface area contributed by atoms with Crippen molar-refractivity contribution < 1.29 is 40.7 Å². The van der Waals surface area contributed by atoms with Crippen molar-refractivity contribution in [2.75, 3.05) is 12.0 Å². The smallest absolute Gasteiger partial charge is 0.425 e. The number of amides is 2. The van der Waals surface area contributed by atoms with Gasteiger partial charge in [-0.15, -0.1) is 0 Å². The molecular formula is C19H18F6N2O3. The number of methoxy groups -OCH3 is 1. The molecule has 2 aliphatic rings. The van der Waals surface area contributed by atoms with Crippen molar-refractivity contribution in [1.29, 1.82) is 0 Å². The summed E-state index contributed by atoms with van der Waals surface area (Å²) in [4.78, 5) is 26.0. The highest BCUT2D eigenvalue weighted by atomic mass is 19.4. The number of carbonyl (C=O) groups is 2. The van der Waals surface area contributed by atoms with E-state index in [4.69, 9.17) is 4.74 Å². The highest BCUT2D eigenvalue weighted by molar-refractivity contribution is 6.08. The first-order valence-corrected chi connectivity index (χ1v) is 8.81. The van der Waals surface area contributed by atoms with Crippen molar-refractivity contribution >= 4 is 17.5 Å². The van der Waals surface area contributed by atoms with Crippen molar-refractivity contribution in [3.8, 4) is 5.75 Å². The number of nitrogens with zero attached hydrogens (tertiary/aromatic N) is 1. The molecule has 164 valence electrons. The van der Waals surface area contributed by atoms with E-state index in [0.717, 1.165) is 5.32 Å². The molecule has 0 fully saturated rings. The first kappa shape index (κ1) is 22.0. The van der Waals surface area contributed by atoms with Gasteiger partial charge in [0.1, 0.15) is 5.75 Å². The summed E-state index contributed by atoms with van der Waals surface area (Å²) in [6, 6.07) is 3.79. The molecule has 0 radical (unpaired) electrons. The molecule has 0 bridgehead atoms. The van der Waals surface area contributed by atoms with Crippen LogP contribution in [0.2, 0.25) is 0 Å². The van der Waals surface area contributed by atoms with Gasteiger partial charge in [0.25, 0.3) is 5.54 Å². The maximum Gasteiger partial charge on any atom is 0.425 e. The van der Waals surface area contributed by atoms with E-state index in [2.05, 4.69) is 0 Å². The van der Waals surface area contributed by atoms with Crippen molar-refractivity contribution in [2.45, 2.75) is 44.6 Å².